The largest absolute Gasteiger partial charge is 0.0656 e. The minimum Gasteiger partial charge on any atom is -0.0656 e. The number of rotatable bonds is 1. The second kappa shape index (κ2) is 11.1. The average molecular weight is 167 g/mol. The maximum Gasteiger partial charge on any atom is 0 e. The van der Waals surface area contributed by atoms with Crippen molar-refractivity contribution in [3.05, 3.63) is 0 Å². The first kappa shape index (κ1) is 14.6. The molecule has 1 aliphatic rings. The van der Waals surface area contributed by atoms with E-state index in [9.17, 15) is 0 Å². The summed E-state index contributed by atoms with van der Waals surface area (Å²) in [5.41, 5.74) is 0. The molecule has 12 heavy (non-hydrogen) atoms. The molecule has 3 radical (unpaired) electrons. The highest BCUT2D eigenvalue weighted by molar-refractivity contribution is 5.75. The third-order valence-electron chi connectivity index (χ3n) is 2.30. The van der Waals surface area contributed by atoms with E-state index in [-0.39, 0.29) is 8.41 Å². The van der Waals surface area contributed by atoms with E-state index in [1.165, 1.54) is 44.9 Å². The summed E-state index contributed by atoms with van der Waals surface area (Å²) in [6.07, 6.45) is 10.2. The first-order chi connectivity index (χ1) is 5.35. The molecule has 1 saturated carbocycles. The van der Waals surface area contributed by atoms with E-state index >= 15 is 0 Å². The Balaban J connectivity index is 0. The van der Waals surface area contributed by atoms with Crippen LogP contribution in [-0.2, 0) is 0 Å². The van der Waals surface area contributed by atoms with E-state index in [1.54, 1.807) is 0 Å². The van der Waals surface area contributed by atoms with Crippen LogP contribution in [0, 0.1) is 5.92 Å². The van der Waals surface area contributed by atoms with Crippen molar-refractivity contribution in [2.75, 3.05) is 0 Å². The first-order valence-corrected chi connectivity index (χ1v) is 5.35. The Morgan fingerprint density at radius 1 is 0.917 bits per heavy atom. The molecule has 0 N–H and O–H groups in total. The zero-order valence-electron chi connectivity index (χ0n) is 9.10. The zero-order valence-corrected chi connectivity index (χ0v) is 9.10. The summed E-state index contributed by atoms with van der Waals surface area (Å²) in [7, 11) is 0. The van der Waals surface area contributed by atoms with Crippen LogP contribution in [0.3, 0.4) is 0 Å². The fraction of sp³-hybridized carbons (Fsp3) is 1.00. The standard InChI is InChI=1S/C8H16.C3H8.B/c1-2-8-6-4-3-5-7-8;1-3-2;/h8H,2-7H2,1H3;3H2,1-2H3;. The second-order valence-corrected chi connectivity index (χ2v) is 3.62. The zero-order chi connectivity index (χ0) is 8.53. The van der Waals surface area contributed by atoms with Crippen LogP contribution in [0.15, 0.2) is 0 Å². The Labute approximate surface area is 80.7 Å². The van der Waals surface area contributed by atoms with Crippen LogP contribution in [0.5, 0.6) is 0 Å². The first-order valence-electron chi connectivity index (χ1n) is 5.35. The van der Waals surface area contributed by atoms with Gasteiger partial charge >= 0.3 is 0 Å². The smallest absolute Gasteiger partial charge is 0 e. The molecule has 0 atom stereocenters. The molecule has 0 saturated heterocycles. The van der Waals surface area contributed by atoms with Gasteiger partial charge in [0.25, 0.3) is 0 Å². The predicted octanol–water partition coefficient (Wildman–Crippen LogP) is 4.01. The van der Waals surface area contributed by atoms with Gasteiger partial charge in [-0.1, -0.05) is 65.7 Å². The lowest BCUT2D eigenvalue weighted by atomic mass is 9.88. The normalized spacial score (nSPS) is 17.2. The fourth-order valence-corrected chi connectivity index (χ4v) is 1.60. The van der Waals surface area contributed by atoms with Gasteiger partial charge in [-0.05, 0) is 5.92 Å². The second-order valence-electron chi connectivity index (χ2n) is 3.62. The van der Waals surface area contributed by atoms with E-state index < -0.39 is 0 Å². The molecule has 0 aromatic heterocycles. The minimum atomic E-state index is 0. The average Bonchev–Trinajstić information content (AvgIpc) is 2.08. The fourth-order valence-electron chi connectivity index (χ4n) is 1.60. The molecule has 1 heteroatoms. The lowest BCUT2D eigenvalue weighted by molar-refractivity contribution is 0.349. The molecule has 1 fully saturated rings. The van der Waals surface area contributed by atoms with Gasteiger partial charge in [0.2, 0.25) is 0 Å². The SMILES string of the molecule is CCC.CCC1CCCCC1.[B]. The Morgan fingerprint density at radius 3 is 1.58 bits per heavy atom. The van der Waals surface area contributed by atoms with Gasteiger partial charge in [0.1, 0.15) is 0 Å². The summed E-state index contributed by atoms with van der Waals surface area (Å²) in [5.74, 6) is 1.09. The van der Waals surface area contributed by atoms with E-state index in [4.69, 9.17) is 0 Å². The van der Waals surface area contributed by atoms with Crippen LogP contribution >= 0.6 is 0 Å². The van der Waals surface area contributed by atoms with Gasteiger partial charge in [-0.25, -0.2) is 0 Å². The highest BCUT2D eigenvalue weighted by atomic mass is 14.2. The lowest BCUT2D eigenvalue weighted by Gasteiger charge is -2.18. The Hall–Kier alpha value is 0.0649. The molecule has 1 aliphatic carbocycles. The maximum absolute atomic E-state index is 2.32. The lowest BCUT2D eigenvalue weighted by Crippen LogP contribution is -2.03. The predicted molar refractivity (Wildman–Crippen MR) is 58.6 cm³/mol. The van der Waals surface area contributed by atoms with E-state index in [2.05, 4.69) is 20.8 Å². The third kappa shape index (κ3) is 8.16. The van der Waals surface area contributed by atoms with Crippen molar-refractivity contribution in [2.24, 2.45) is 5.92 Å². The molecule has 0 heterocycles. The Bertz CT molecular complexity index is 65.4. The van der Waals surface area contributed by atoms with Gasteiger partial charge < -0.3 is 0 Å². The number of hydrogen-bond acceptors (Lipinski definition) is 0. The van der Waals surface area contributed by atoms with Crippen molar-refractivity contribution in [3.8, 4) is 0 Å². The molecule has 1 rings (SSSR count). The molecule has 71 valence electrons. The van der Waals surface area contributed by atoms with E-state index in [0.717, 1.165) is 5.92 Å². The van der Waals surface area contributed by atoms with Crippen molar-refractivity contribution in [3.63, 3.8) is 0 Å². The molecular formula is C11H24B. The van der Waals surface area contributed by atoms with Crippen LogP contribution in [0.4, 0.5) is 0 Å². The highest BCUT2D eigenvalue weighted by Crippen LogP contribution is 2.25. The van der Waals surface area contributed by atoms with E-state index in [0.29, 0.717) is 0 Å². The number of hydrogen-bond donors (Lipinski definition) is 0. The molecule has 0 nitrogen and oxygen atoms in total. The Morgan fingerprint density at radius 2 is 1.33 bits per heavy atom. The molecule has 0 aliphatic heterocycles. The van der Waals surface area contributed by atoms with Crippen LogP contribution in [0.1, 0.15) is 65.7 Å². The minimum absolute atomic E-state index is 0. The van der Waals surface area contributed by atoms with Gasteiger partial charge in [-0.2, -0.15) is 0 Å². The van der Waals surface area contributed by atoms with Crippen molar-refractivity contribution in [1.29, 1.82) is 0 Å². The molecule has 0 bridgehead atoms. The van der Waals surface area contributed by atoms with Gasteiger partial charge in [0, 0.05) is 8.41 Å². The molecule has 0 amide bonds. The summed E-state index contributed by atoms with van der Waals surface area (Å²) in [6, 6.07) is 0. The molecular weight excluding hydrogens is 143 g/mol. The van der Waals surface area contributed by atoms with Crippen LogP contribution in [-0.4, -0.2) is 8.41 Å². The quantitative estimate of drug-likeness (QED) is 0.517. The van der Waals surface area contributed by atoms with Crippen LogP contribution in [0.25, 0.3) is 0 Å². The summed E-state index contributed by atoms with van der Waals surface area (Å²) in [6.45, 7) is 6.57. The van der Waals surface area contributed by atoms with Crippen molar-refractivity contribution < 1.29 is 0 Å². The van der Waals surface area contributed by atoms with Crippen LogP contribution < -0.4 is 0 Å². The highest BCUT2D eigenvalue weighted by Gasteiger charge is 2.09. The van der Waals surface area contributed by atoms with Crippen molar-refractivity contribution in [1.82, 2.24) is 0 Å². The third-order valence-corrected chi connectivity index (χ3v) is 2.30. The van der Waals surface area contributed by atoms with Crippen molar-refractivity contribution >= 4 is 8.41 Å². The summed E-state index contributed by atoms with van der Waals surface area (Å²) in [5, 5.41) is 0. The maximum atomic E-state index is 2.32. The van der Waals surface area contributed by atoms with Crippen LogP contribution in [0.2, 0.25) is 0 Å². The summed E-state index contributed by atoms with van der Waals surface area (Å²) < 4.78 is 0. The van der Waals surface area contributed by atoms with Gasteiger partial charge in [-0.3, -0.25) is 0 Å². The molecule has 0 aromatic carbocycles. The topological polar surface area (TPSA) is 0 Å². The molecule has 0 spiro atoms. The van der Waals surface area contributed by atoms with Gasteiger partial charge in [-0.15, -0.1) is 0 Å². The van der Waals surface area contributed by atoms with Gasteiger partial charge in [0.15, 0.2) is 0 Å². The molecule has 0 unspecified atom stereocenters. The summed E-state index contributed by atoms with van der Waals surface area (Å²) in [4.78, 5) is 0. The monoisotopic (exact) mass is 167 g/mol. The Kier molecular flexibility index (Phi) is 13.4. The summed E-state index contributed by atoms with van der Waals surface area (Å²) >= 11 is 0. The van der Waals surface area contributed by atoms with Crippen molar-refractivity contribution in [2.45, 2.75) is 65.7 Å². The van der Waals surface area contributed by atoms with Gasteiger partial charge in [0.05, 0.1) is 0 Å². The molecule has 0 aromatic rings. The van der Waals surface area contributed by atoms with E-state index in [1.807, 2.05) is 0 Å².